The monoisotopic (exact) mass is 234 g/mol. The number of carbonyl (C=O) groups is 1. The average molecular weight is 235 g/mol. The summed E-state index contributed by atoms with van der Waals surface area (Å²) >= 11 is 5.76. The van der Waals surface area contributed by atoms with Crippen molar-refractivity contribution in [3.63, 3.8) is 0 Å². The fourth-order valence-corrected chi connectivity index (χ4v) is 1.73. The third-order valence-electron chi connectivity index (χ3n) is 2.63. The Labute approximate surface area is 92.4 Å². The molecule has 4 heteroatoms. The topological polar surface area (TPSA) is 26.3 Å². The fourth-order valence-electron chi connectivity index (χ4n) is 0.588. The zero-order valence-electron chi connectivity index (χ0n) is 9.56. The van der Waals surface area contributed by atoms with Crippen LogP contribution in [0.25, 0.3) is 0 Å². The molecule has 0 aliphatic heterocycles. The minimum absolute atomic E-state index is 0.172. The second-order valence-corrected chi connectivity index (χ2v) is 10.1. The third kappa shape index (κ3) is 4.40. The van der Waals surface area contributed by atoms with Gasteiger partial charge >= 0.3 is 0 Å². The Bertz CT molecular complexity index is 229. The van der Waals surface area contributed by atoms with Crippen LogP contribution in [0.3, 0.4) is 0 Å². The first-order chi connectivity index (χ1) is 6.20. The maximum atomic E-state index is 10.1. The molecule has 14 heavy (non-hydrogen) atoms. The van der Waals surface area contributed by atoms with Crippen molar-refractivity contribution in [2.24, 2.45) is 0 Å². The Kier molecular flexibility index (Phi) is 5.05. The summed E-state index contributed by atoms with van der Waals surface area (Å²) in [5.74, 6) is 0. The molecule has 0 saturated heterocycles. The number of hydrogen-bond acceptors (Lipinski definition) is 2. The molecular weight excluding hydrogens is 216 g/mol. The van der Waals surface area contributed by atoms with Gasteiger partial charge in [0, 0.05) is 5.03 Å². The van der Waals surface area contributed by atoms with E-state index in [1.54, 1.807) is 0 Å². The molecule has 0 radical (unpaired) electrons. The molecule has 0 fully saturated rings. The second-order valence-electron chi connectivity index (χ2n) is 4.80. The van der Waals surface area contributed by atoms with Crippen LogP contribution < -0.4 is 0 Å². The number of carbonyl (C=O) groups excluding carboxylic acids is 1. The number of allylic oxidation sites excluding steroid dienone is 1. The van der Waals surface area contributed by atoms with Crippen molar-refractivity contribution in [3.8, 4) is 0 Å². The minimum Gasteiger partial charge on any atom is -0.412 e. The quantitative estimate of drug-likeness (QED) is 0.424. The van der Waals surface area contributed by atoms with Gasteiger partial charge in [-0.25, -0.2) is 0 Å². The fraction of sp³-hybridized carbons (Fsp3) is 0.700. The molecule has 0 spiro atoms. The van der Waals surface area contributed by atoms with Crippen LogP contribution in [0.15, 0.2) is 11.1 Å². The van der Waals surface area contributed by atoms with Crippen molar-refractivity contribution in [1.82, 2.24) is 0 Å². The highest BCUT2D eigenvalue weighted by Gasteiger charge is 2.37. The number of rotatable bonds is 4. The Morgan fingerprint density at radius 3 is 2.29 bits per heavy atom. The van der Waals surface area contributed by atoms with E-state index in [9.17, 15) is 4.79 Å². The highest BCUT2D eigenvalue weighted by atomic mass is 35.5. The van der Waals surface area contributed by atoms with E-state index in [4.69, 9.17) is 16.0 Å². The van der Waals surface area contributed by atoms with Crippen molar-refractivity contribution >= 4 is 26.2 Å². The van der Waals surface area contributed by atoms with Gasteiger partial charge in [-0.3, -0.25) is 4.79 Å². The van der Waals surface area contributed by atoms with Gasteiger partial charge in [-0.05, 0) is 24.2 Å². The molecule has 0 aliphatic carbocycles. The molecule has 0 heterocycles. The molecular formula is C10H19ClO2Si. The molecule has 0 aromatic carbocycles. The van der Waals surface area contributed by atoms with Gasteiger partial charge in [0.15, 0.2) is 8.32 Å². The van der Waals surface area contributed by atoms with Crippen LogP contribution in [-0.2, 0) is 9.22 Å². The summed E-state index contributed by atoms with van der Waals surface area (Å²) in [4.78, 5) is 10.1. The van der Waals surface area contributed by atoms with Crippen molar-refractivity contribution in [3.05, 3.63) is 11.1 Å². The highest BCUT2D eigenvalue weighted by molar-refractivity contribution is 6.74. The van der Waals surface area contributed by atoms with E-state index >= 15 is 0 Å². The summed E-state index contributed by atoms with van der Waals surface area (Å²) in [5, 5.41) is 0.635. The smallest absolute Gasteiger partial charge is 0.192 e. The molecule has 0 atom stereocenters. The van der Waals surface area contributed by atoms with Crippen LogP contribution in [0.2, 0.25) is 18.1 Å². The molecule has 0 aromatic rings. The van der Waals surface area contributed by atoms with Gasteiger partial charge in [0.05, 0.1) is 6.61 Å². The normalized spacial score (nSPS) is 14.3. The lowest BCUT2D eigenvalue weighted by molar-refractivity contribution is -0.104. The Hall–Kier alpha value is -0.123. The molecule has 0 unspecified atom stereocenters. The summed E-state index contributed by atoms with van der Waals surface area (Å²) < 4.78 is 5.79. The van der Waals surface area contributed by atoms with Crippen molar-refractivity contribution in [2.75, 3.05) is 6.61 Å². The van der Waals surface area contributed by atoms with Gasteiger partial charge < -0.3 is 4.43 Å². The van der Waals surface area contributed by atoms with Gasteiger partial charge in [0.2, 0.25) is 0 Å². The third-order valence-corrected chi connectivity index (χ3v) is 7.34. The molecule has 0 aromatic heterocycles. The maximum absolute atomic E-state index is 10.1. The number of hydrogen-bond donors (Lipinski definition) is 0. The Morgan fingerprint density at radius 1 is 1.43 bits per heavy atom. The van der Waals surface area contributed by atoms with Crippen LogP contribution in [0, 0.1) is 0 Å². The Balaban J connectivity index is 4.26. The van der Waals surface area contributed by atoms with Crippen molar-refractivity contribution in [1.29, 1.82) is 0 Å². The average Bonchev–Trinajstić information content (AvgIpc) is 1.99. The Morgan fingerprint density at radius 2 is 1.93 bits per heavy atom. The van der Waals surface area contributed by atoms with E-state index in [-0.39, 0.29) is 5.04 Å². The molecule has 0 saturated carbocycles. The van der Waals surface area contributed by atoms with Crippen LogP contribution in [0.1, 0.15) is 20.8 Å². The van der Waals surface area contributed by atoms with E-state index in [0.29, 0.717) is 17.9 Å². The lowest BCUT2D eigenvalue weighted by Gasteiger charge is -2.36. The first-order valence-corrected chi connectivity index (χ1v) is 7.93. The second kappa shape index (κ2) is 5.10. The number of halogens is 1. The standard InChI is InChI=1S/C10H19ClO2Si/c1-10(2,3)14(4,5)13-8-9(11)6-7-12/h6-7H,8H2,1-5H3/b9-6-. The minimum atomic E-state index is -1.74. The van der Waals surface area contributed by atoms with Gasteiger partial charge in [-0.1, -0.05) is 32.4 Å². The van der Waals surface area contributed by atoms with E-state index in [2.05, 4.69) is 33.9 Å². The molecule has 2 nitrogen and oxygen atoms in total. The predicted octanol–water partition coefficient (Wildman–Crippen LogP) is 3.33. The van der Waals surface area contributed by atoms with E-state index < -0.39 is 8.32 Å². The maximum Gasteiger partial charge on any atom is 0.192 e. The number of aldehydes is 1. The molecule has 0 aliphatic rings. The zero-order valence-corrected chi connectivity index (χ0v) is 11.3. The van der Waals surface area contributed by atoms with E-state index in [1.165, 1.54) is 6.08 Å². The molecule has 0 amide bonds. The first kappa shape index (κ1) is 13.9. The predicted molar refractivity (Wildman–Crippen MR) is 63.1 cm³/mol. The van der Waals surface area contributed by atoms with Gasteiger partial charge in [-0.15, -0.1) is 0 Å². The molecule has 0 rings (SSSR count). The van der Waals surface area contributed by atoms with Crippen LogP contribution in [-0.4, -0.2) is 21.2 Å². The lowest BCUT2D eigenvalue weighted by Crippen LogP contribution is -2.41. The highest BCUT2D eigenvalue weighted by Crippen LogP contribution is 2.36. The summed E-state index contributed by atoms with van der Waals surface area (Å²) in [5.41, 5.74) is 0. The molecule has 82 valence electrons. The van der Waals surface area contributed by atoms with Crippen LogP contribution >= 0.6 is 11.6 Å². The zero-order chi connectivity index (χ0) is 11.4. The first-order valence-electron chi connectivity index (χ1n) is 4.64. The molecule has 0 N–H and O–H groups in total. The van der Waals surface area contributed by atoms with Crippen LogP contribution in [0.4, 0.5) is 0 Å². The van der Waals surface area contributed by atoms with Gasteiger partial charge in [-0.2, -0.15) is 0 Å². The van der Waals surface area contributed by atoms with E-state index in [1.807, 2.05) is 0 Å². The van der Waals surface area contributed by atoms with Crippen LogP contribution in [0.5, 0.6) is 0 Å². The van der Waals surface area contributed by atoms with Crippen molar-refractivity contribution in [2.45, 2.75) is 38.9 Å². The van der Waals surface area contributed by atoms with Gasteiger partial charge in [0.25, 0.3) is 0 Å². The van der Waals surface area contributed by atoms with Gasteiger partial charge in [0.1, 0.15) is 6.29 Å². The summed E-state index contributed by atoms with van der Waals surface area (Å²) in [7, 11) is -1.74. The van der Waals surface area contributed by atoms with E-state index in [0.717, 1.165) is 0 Å². The summed E-state index contributed by atoms with van der Waals surface area (Å²) in [6, 6.07) is 0. The SMILES string of the molecule is CC(C)(C)[Si](C)(C)OC/C(Cl)=C/C=O. The summed E-state index contributed by atoms with van der Waals surface area (Å²) in [6.07, 6.45) is 2.01. The van der Waals surface area contributed by atoms with Crippen molar-refractivity contribution < 1.29 is 9.22 Å². The molecule has 0 bridgehead atoms. The largest absolute Gasteiger partial charge is 0.412 e. The summed E-state index contributed by atoms with van der Waals surface area (Å²) in [6.45, 7) is 11.1. The lowest BCUT2D eigenvalue weighted by atomic mass is 10.2.